The quantitative estimate of drug-likeness (QED) is 0.678. The van der Waals surface area contributed by atoms with Crippen molar-refractivity contribution in [3.05, 3.63) is 42.2 Å². The minimum atomic E-state index is 1.03. The molecule has 0 aromatic carbocycles. The van der Waals surface area contributed by atoms with E-state index in [1.165, 1.54) is 5.56 Å². The van der Waals surface area contributed by atoms with Crippen LogP contribution in [-0.4, -0.2) is 9.97 Å². The Morgan fingerprint density at radius 2 is 2.17 bits per heavy atom. The lowest BCUT2D eigenvalue weighted by Crippen LogP contribution is -1.86. The zero-order valence-electron chi connectivity index (χ0n) is 6.91. The summed E-state index contributed by atoms with van der Waals surface area (Å²) < 4.78 is 0. The van der Waals surface area contributed by atoms with Crippen molar-refractivity contribution in [3.63, 3.8) is 0 Å². The van der Waals surface area contributed by atoms with Crippen molar-refractivity contribution in [3.8, 4) is 11.4 Å². The molecule has 2 nitrogen and oxygen atoms in total. The Morgan fingerprint density at radius 1 is 1.25 bits per heavy atom. The molecular weight excluding hydrogens is 148 g/mol. The maximum Gasteiger partial charge on any atom is 0.0893 e. The van der Waals surface area contributed by atoms with Gasteiger partial charge in [-0.05, 0) is 30.7 Å². The molecule has 0 unspecified atom stereocenters. The molecule has 0 atom stereocenters. The molecule has 2 aromatic heterocycles. The van der Waals surface area contributed by atoms with Gasteiger partial charge in [0.15, 0.2) is 0 Å². The number of hydrogen-bond donors (Lipinski definition) is 1. The van der Waals surface area contributed by atoms with E-state index >= 15 is 0 Å². The molecule has 1 N–H and O–H groups in total. The van der Waals surface area contributed by atoms with Crippen molar-refractivity contribution in [2.75, 3.05) is 0 Å². The van der Waals surface area contributed by atoms with Crippen LogP contribution < -0.4 is 0 Å². The van der Waals surface area contributed by atoms with E-state index in [1.807, 2.05) is 30.6 Å². The summed E-state index contributed by atoms with van der Waals surface area (Å²) in [5.41, 5.74) is 3.30. The van der Waals surface area contributed by atoms with Crippen LogP contribution in [0.1, 0.15) is 5.56 Å². The smallest absolute Gasteiger partial charge is 0.0893 e. The van der Waals surface area contributed by atoms with Crippen molar-refractivity contribution >= 4 is 0 Å². The Bertz CT molecular complexity index is 363. The second-order valence-corrected chi connectivity index (χ2v) is 2.75. The van der Waals surface area contributed by atoms with Crippen LogP contribution in [0.3, 0.4) is 0 Å². The molecular formula is C10H10N2. The molecule has 12 heavy (non-hydrogen) atoms. The van der Waals surface area contributed by atoms with Crippen LogP contribution in [-0.2, 0) is 0 Å². The van der Waals surface area contributed by atoms with Crippen LogP contribution >= 0.6 is 0 Å². The van der Waals surface area contributed by atoms with Gasteiger partial charge < -0.3 is 4.98 Å². The Balaban J connectivity index is 2.55. The number of aryl methyl sites for hydroxylation is 1. The predicted molar refractivity (Wildman–Crippen MR) is 48.8 cm³/mol. The third-order valence-corrected chi connectivity index (χ3v) is 1.86. The fourth-order valence-corrected chi connectivity index (χ4v) is 1.25. The average molecular weight is 158 g/mol. The van der Waals surface area contributed by atoms with Crippen molar-refractivity contribution in [2.45, 2.75) is 6.92 Å². The van der Waals surface area contributed by atoms with Crippen molar-refractivity contribution < 1.29 is 0 Å². The number of aromatic amines is 1. The molecule has 2 heteroatoms. The minimum absolute atomic E-state index is 1.03. The molecule has 0 aliphatic heterocycles. The van der Waals surface area contributed by atoms with Gasteiger partial charge in [0.25, 0.3) is 0 Å². The maximum atomic E-state index is 4.29. The number of nitrogens with zero attached hydrogens (tertiary/aromatic N) is 1. The highest BCUT2D eigenvalue weighted by molar-refractivity contribution is 5.58. The summed E-state index contributed by atoms with van der Waals surface area (Å²) in [5.74, 6) is 0. The topological polar surface area (TPSA) is 28.7 Å². The van der Waals surface area contributed by atoms with Gasteiger partial charge in [0.2, 0.25) is 0 Å². The zero-order valence-corrected chi connectivity index (χ0v) is 6.91. The molecule has 0 aliphatic carbocycles. The first kappa shape index (κ1) is 7.10. The lowest BCUT2D eigenvalue weighted by Gasteiger charge is -1.99. The van der Waals surface area contributed by atoms with Crippen LogP contribution in [0.4, 0.5) is 0 Å². The summed E-state index contributed by atoms with van der Waals surface area (Å²) in [6.07, 6.45) is 3.71. The second-order valence-electron chi connectivity index (χ2n) is 2.75. The largest absolute Gasteiger partial charge is 0.360 e. The molecule has 2 heterocycles. The molecule has 2 rings (SSSR count). The number of rotatable bonds is 1. The Kier molecular flexibility index (Phi) is 1.67. The summed E-state index contributed by atoms with van der Waals surface area (Å²) in [6, 6.07) is 8.00. The highest BCUT2D eigenvalue weighted by Crippen LogP contribution is 2.17. The molecule has 0 spiro atoms. The van der Waals surface area contributed by atoms with Gasteiger partial charge in [-0.2, -0.15) is 0 Å². The molecule has 60 valence electrons. The van der Waals surface area contributed by atoms with Crippen molar-refractivity contribution in [1.82, 2.24) is 9.97 Å². The minimum Gasteiger partial charge on any atom is -0.360 e. The number of nitrogens with one attached hydrogen (secondary N) is 1. The van der Waals surface area contributed by atoms with Crippen molar-refractivity contribution in [1.29, 1.82) is 0 Å². The third-order valence-electron chi connectivity index (χ3n) is 1.86. The summed E-state index contributed by atoms with van der Waals surface area (Å²) in [5, 5.41) is 0. The van der Waals surface area contributed by atoms with E-state index in [0.29, 0.717) is 0 Å². The van der Waals surface area contributed by atoms with Crippen LogP contribution in [0.15, 0.2) is 36.7 Å². The lowest BCUT2D eigenvalue weighted by atomic mass is 10.2. The fraction of sp³-hybridized carbons (Fsp3) is 0.100. The van der Waals surface area contributed by atoms with E-state index in [9.17, 15) is 0 Å². The number of H-pyrrole nitrogens is 1. The van der Waals surface area contributed by atoms with Crippen LogP contribution in [0.2, 0.25) is 0 Å². The molecule has 0 saturated heterocycles. The van der Waals surface area contributed by atoms with Gasteiger partial charge in [0, 0.05) is 12.4 Å². The van der Waals surface area contributed by atoms with Gasteiger partial charge >= 0.3 is 0 Å². The van der Waals surface area contributed by atoms with E-state index in [2.05, 4.69) is 23.0 Å². The van der Waals surface area contributed by atoms with E-state index in [4.69, 9.17) is 0 Å². The molecule has 0 radical (unpaired) electrons. The molecule has 0 amide bonds. The monoisotopic (exact) mass is 158 g/mol. The molecule has 0 aliphatic rings. The predicted octanol–water partition coefficient (Wildman–Crippen LogP) is 2.39. The Morgan fingerprint density at radius 3 is 2.83 bits per heavy atom. The first-order chi connectivity index (χ1) is 5.88. The maximum absolute atomic E-state index is 4.29. The standard InChI is InChI=1S/C10H10N2/c1-8-4-2-7-12-10(8)9-5-3-6-11-9/h2-7,11H,1H3. The number of pyridine rings is 1. The van der Waals surface area contributed by atoms with E-state index in [1.54, 1.807) is 0 Å². The second kappa shape index (κ2) is 2.81. The number of hydrogen-bond acceptors (Lipinski definition) is 1. The molecule has 0 bridgehead atoms. The highest BCUT2D eigenvalue weighted by Gasteiger charge is 2.00. The van der Waals surface area contributed by atoms with E-state index in [-0.39, 0.29) is 0 Å². The van der Waals surface area contributed by atoms with Gasteiger partial charge in [0.05, 0.1) is 11.4 Å². The van der Waals surface area contributed by atoms with E-state index in [0.717, 1.165) is 11.4 Å². The SMILES string of the molecule is Cc1cccnc1-c1ccc[nH]1. The highest BCUT2D eigenvalue weighted by atomic mass is 14.8. The average Bonchev–Trinajstić information content (AvgIpc) is 2.57. The number of aromatic nitrogens is 2. The lowest BCUT2D eigenvalue weighted by molar-refractivity contribution is 1.24. The first-order valence-corrected chi connectivity index (χ1v) is 3.93. The van der Waals surface area contributed by atoms with Gasteiger partial charge in [-0.15, -0.1) is 0 Å². The first-order valence-electron chi connectivity index (χ1n) is 3.93. The summed E-state index contributed by atoms with van der Waals surface area (Å²) in [7, 11) is 0. The normalized spacial score (nSPS) is 10.1. The van der Waals surface area contributed by atoms with Crippen LogP contribution in [0.25, 0.3) is 11.4 Å². The van der Waals surface area contributed by atoms with Crippen LogP contribution in [0.5, 0.6) is 0 Å². The third kappa shape index (κ3) is 1.11. The van der Waals surface area contributed by atoms with Gasteiger partial charge in [-0.25, -0.2) is 0 Å². The van der Waals surface area contributed by atoms with E-state index < -0.39 is 0 Å². The zero-order chi connectivity index (χ0) is 8.39. The summed E-state index contributed by atoms with van der Waals surface area (Å²) >= 11 is 0. The van der Waals surface area contributed by atoms with Crippen LogP contribution in [0, 0.1) is 6.92 Å². The summed E-state index contributed by atoms with van der Waals surface area (Å²) in [4.78, 5) is 7.42. The molecule has 0 saturated carbocycles. The fourth-order valence-electron chi connectivity index (χ4n) is 1.25. The molecule has 2 aromatic rings. The van der Waals surface area contributed by atoms with Gasteiger partial charge in [-0.3, -0.25) is 4.98 Å². The molecule has 0 fully saturated rings. The van der Waals surface area contributed by atoms with Gasteiger partial charge in [0.1, 0.15) is 0 Å². The Hall–Kier alpha value is -1.57. The van der Waals surface area contributed by atoms with Gasteiger partial charge in [-0.1, -0.05) is 6.07 Å². The Labute approximate surface area is 71.3 Å². The van der Waals surface area contributed by atoms with Crippen molar-refractivity contribution in [2.24, 2.45) is 0 Å². The summed E-state index contributed by atoms with van der Waals surface area (Å²) in [6.45, 7) is 2.06.